The molecule has 0 aromatic rings. The number of nitrogens with one attached hydrogen (secondary N) is 2. The molecule has 0 bridgehead atoms. The number of rotatable bonds is 8. The van der Waals surface area contributed by atoms with Crippen molar-refractivity contribution in [1.82, 2.24) is 10.6 Å². The van der Waals surface area contributed by atoms with E-state index in [1.54, 1.807) is 0 Å². The molecule has 0 aromatic heterocycles. The van der Waals surface area contributed by atoms with E-state index in [1.165, 1.54) is 6.42 Å². The van der Waals surface area contributed by atoms with Crippen LogP contribution in [0.15, 0.2) is 0 Å². The van der Waals surface area contributed by atoms with Crippen LogP contribution in [0.2, 0.25) is 0 Å². The van der Waals surface area contributed by atoms with E-state index in [2.05, 4.69) is 24.5 Å². The van der Waals surface area contributed by atoms with Gasteiger partial charge in [0.1, 0.15) is 0 Å². The summed E-state index contributed by atoms with van der Waals surface area (Å²) in [6.07, 6.45) is 3.73. The van der Waals surface area contributed by atoms with E-state index in [0.29, 0.717) is 24.3 Å². The maximum absolute atomic E-state index is 11.4. The first kappa shape index (κ1) is 14.8. The summed E-state index contributed by atoms with van der Waals surface area (Å²) in [6.45, 7) is 5.77. The van der Waals surface area contributed by atoms with Crippen molar-refractivity contribution in [2.24, 2.45) is 11.3 Å². The highest BCUT2D eigenvalue weighted by atomic mass is 16.4. The number of aliphatic carboxylic acids is 1. The summed E-state index contributed by atoms with van der Waals surface area (Å²) in [5, 5.41) is 14.1. The van der Waals surface area contributed by atoms with Gasteiger partial charge in [0.15, 0.2) is 0 Å². The molecular formula is C13H24N2O3. The molecule has 1 rings (SSSR count). The van der Waals surface area contributed by atoms with Gasteiger partial charge >= 0.3 is 12.0 Å². The summed E-state index contributed by atoms with van der Waals surface area (Å²) < 4.78 is 0. The molecule has 0 aromatic carbocycles. The molecule has 0 aliphatic heterocycles. The van der Waals surface area contributed by atoms with Crippen LogP contribution in [0.25, 0.3) is 0 Å². The number of hydrogen-bond acceptors (Lipinski definition) is 2. The molecule has 0 spiro atoms. The Morgan fingerprint density at radius 1 is 1.22 bits per heavy atom. The Kier molecular flexibility index (Phi) is 5.44. The molecule has 104 valence electrons. The second-order valence-corrected chi connectivity index (χ2v) is 5.73. The lowest BCUT2D eigenvalue weighted by Gasteiger charge is -2.08. The van der Waals surface area contributed by atoms with E-state index >= 15 is 0 Å². The average molecular weight is 256 g/mol. The summed E-state index contributed by atoms with van der Waals surface area (Å²) in [4.78, 5) is 21.7. The second kappa shape index (κ2) is 6.61. The zero-order valence-corrected chi connectivity index (χ0v) is 11.3. The van der Waals surface area contributed by atoms with Crippen LogP contribution in [0.3, 0.4) is 0 Å². The van der Waals surface area contributed by atoms with Crippen molar-refractivity contribution in [3.63, 3.8) is 0 Å². The van der Waals surface area contributed by atoms with Crippen LogP contribution in [0.1, 0.15) is 46.0 Å². The zero-order chi connectivity index (χ0) is 13.6. The van der Waals surface area contributed by atoms with Gasteiger partial charge in [-0.25, -0.2) is 4.79 Å². The summed E-state index contributed by atoms with van der Waals surface area (Å²) in [7, 11) is 0. The molecular weight excluding hydrogens is 232 g/mol. The molecule has 5 nitrogen and oxygen atoms in total. The third-order valence-corrected chi connectivity index (χ3v) is 3.58. The van der Waals surface area contributed by atoms with Crippen LogP contribution < -0.4 is 10.6 Å². The van der Waals surface area contributed by atoms with Gasteiger partial charge in [-0.2, -0.15) is 0 Å². The number of carbonyl (C=O) groups excluding carboxylic acids is 1. The largest absolute Gasteiger partial charge is 0.481 e. The molecule has 1 saturated carbocycles. The maximum Gasteiger partial charge on any atom is 0.314 e. The number of amides is 2. The molecule has 0 heterocycles. The molecule has 0 saturated heterocycles. The summed E-state index contributed by atoms with van der Waals surface area (Å²) in [5.74, 6) is -0.147. The highest BCUT2D eigenvalue weighted by Crippen LogP contribution is 2.50. The fourth-order valence-corrected chi connectivity index (χ4v) is 1.98. The van der Waals surface area contributed by atoms with E-state index in [-0.39, 0.29) is 12.5 Å². The Morgan fingerprint density at radius 2 is 1.89 bits per heavy atom. The van der Waals surface area contributed by atoms with E-state index in [1.807, 2.05) is 0 Å². The first-order valence-electron chi connectivity index (χ1n) is 6.65. The minimum atomic E-state index is -0.757. The predicted molar refractivity (Wildman–Crippen MR) is 69.4 cm³/mol. The maximum atomic E-state index is 11.4. The van der Waals surface area contributed by atoms with Crippen molar-refractivity contribution in [2.45, 2.75) is 46.0 Å². The normalized spacial score (nSPS) is 20.2. The summed E-state index contributed by atoms with van der Waals surface area (Å²) in [6, 6.07) is -0.115. The van der Waals surface area contributed by atoms with Crippen molar-refractivity contribution in [3.8, 4) is 0 Å². The lowest BCUT2D eigenvalue weighted by molar-refractivity contribution is -0.137. The van der Waals surface area contributed by atoms with Gasteiger partial charge in [-0.1, -0.05) is 20.3 Å². The van der Waals surface area contributed by atoms with Gasteiger partial charge in [-0.3, -0.25) is 4.79 Å². The molecule has 1 unspecified atom stereocenters. The number of carboxylic acid groups (broad SMARTS) is 1. The Morgan fingerprint density at radius 3 is 2.44 bits per heavy atom. The lowest BCUT2D eigenvalue weighted by atomic mass is 10.1. The number of hydrogen-bond donors (Lipinski definition) is 3. The van der Waals surface area contributed by atoms with Crippen LogP contribution in [-0.2, 0) is 4.79 Å². The van der Waals surface area contributed by atoms with Gasteiger partial charge in [-0.15, -0.1) is 0 Å². The summed E-state index contributed by atoms with van der Waals surface area (Å²) in [5.41, 5.74) is 0.393. The highest BCUT2D eigenvalue weighted by Gasteiger charge is 2.45. The fraction of sp³-hybridized carbons (Fsp3) is 0.846. The smallest absolute Gasteiger partial charge is 0.314 e. The fourth-order valence-electron chi connectivity index (χ4n) is 1.98. The molecule has 18 heavy (non-hydrogen) atoms. The average Bonchev–Trinajstić information content (AvgIpc) is 2.88. The molecule has 3 N–H and O–H groups in total. The van der Waals surface area contributed by atoms with Crippen LogP contribution in [0, 0.1) is 11.3 Å². The third-order valence-electron chi connectivity index (χ3n) is 3.58. The van der Waals surface area contributed by atoms with Crippen LogP contribution in [-0.4, -0.2) is 30.2 Å². The van der Waals surface area contributed by atoms with Gasteiger partial charge in [0.25, 0.3) is 0 Å². The van der Waals surface area contributed by atoms with Gasteiger partial charge in [0, 0.05) is 19.5 Å². The monoisotopic (exact) mass is 256 g/mol. The van der Waals surface area contributed by atoms with E-state index in [4.69, 9.17) is 5.11 Å². The Balaban J connectivity index is 1.89. The molecule has 2 amide bonds. The van der Waals surface area contributed by atoms with Crippen LogP contribution >= 0.6 is 0 Å². The van der Waals surface area contributed by atoms with Crippen LogP contribution in [0.5, 0.6) is 0 Å². The van der Waals surface area contributed by atoms with Crippen molar-refractivity contribution < 1.29 is 14.7 Å². The number of urea groups is 1. The van der Waals surface area contributed by atoms with Crippen LogP contribution in [0.4, 0.5) is 4.79 Å². The number of carbonyl (C=O) groups is 2. The molecule has 1 aliphatic carbocycles. The Labute approximate surface area is 108 Å². The predicted octanol–water partition coefficient (Wildman–Crippen LogP) is 1.98. The second-order valence-electron chi connectivity index (χ2n) is 5.73. The van der Waals surface area contributed by atoms with Gasteiger partial charge < -0.3 is 15.7 Å². The standard InChI is InChI=1S/C13H24N2O3/c1-13(2)8-10(13)9-15-12(18)14-7-5-3-4-6-11(16)17/h10H,3-9H2,1-2H3,(H,16,17)(H2,14,15,18). The SMILES string of the molecule is CC1(C)CC1CNC(=O)NCCCCCC(=O)O. The molecule has 1 aliphatic rings. The molecule has 1 fully saturated rings. The zero-order valence-electron chi connectivity index (χ0n) is 11.3. The van der Waals surface area contributed by atoms with Crippen molar-refractivity contribution in [2.75, 3.05) is 13.1 Å². The minimum absolute atomic E-state index is 0.115. The van der Waals surface area contributed by atoms with Gasteiger partial charge in [0.2, 0.25) is 0 Å². The topological polar surface area (TPSA) is 78.4 Å². The van der Waals surface area contributed by atoms with E-state index in [0.717, 1.165) is 19.4 Å². The molecule has 1 atom stereocenters. The molecule has 5 heteroatoms. The summed E-state index contributed by atoms with van der Waals surface area (Å²) >= 11 is 0. The number of unbranched alkanes of at least 4 members (excludes halogenated alkanes) is 2. The third kappa shape index (κ3) is 5.89. The van der Waals surface area contributed by atoms with E-state index < -0.39 is 5.97 Å². The number of carboxylic acids is 1. The first-order valence-corrected chi connectivity index (χ1v) is 6.65. The Bertz CT molecular complexity index is 303. The van der Waals surface area contributed by atoms with Crippen molar-refractivity contribution >= 4 is 12.0 Å². The van der Waals surface area contributed by atoms with E-state index in [9.17, 15) is 9.59 Å². The quantitative estimate of drug-likeness (QED) is 0.581. The van der Waals surface area contributed by atoms with Crippen molar-refractivity contribution in [1.29, 1.82) is 0 Å². The molecule has 0 radical (unpaired) electrons. The lowest BCUT2D eigenvalue weighted by Crippen LogP contribution is -2.37. The Hall–Kier alpha value is -1.26. The van der Waals surface area contributed by atoms with Gasteiger partial charge in [0.05, 0.1) is 0 Å². The first-order chi connectivity index (χ1) is 8.42. The van der Waals surface area contributed by atoms with Crippen molar-refractivity contribution in [3.05, 3.63) is 0 Å². The highest BCUT2D eigenvalue weighted by molar-refractivity contribution is 5.73. The van der Waals surface area contributed by atoms with Gasteiger partial charge in [-0.05, 0) is 30.6 Å². The minimum Gasteiger partial charge on any atom is -0.481 e.